The quantitative estimate of drug-likeness (QED) is 0.854. The van der Waals surface area contributed by atoms with Crippen LogP contribution >= 0.6 is 0 Å². The van der Waals surface area contributed by atoms with Gasteiger partial charge in [0.15, 0.2) is 11.6 Å². The number of hydrogen-bond acceptors (Lipinski definition) is 3. The molecule has 128 valence electrons. The average molecular weight is 334 g/mol. The van der Waals surface area contributed by atoms with Gasteiger partial charge in [-0.25, -0.2) is 8.78 Å². The number of rotatable bonds is 6. The summed E-state index contributed by atoms with van der Waals surface area (Å²) in [5.41, 5.74) is 5.87. The van der Waals surface area contributed by atoms with Gasteiger partial charge in [0.05, 0.1) is 0 Å². The first-order valence-electron chi connectivity index (χ1n) is 7.49. The predicted molar refractivity (Wildman–Crippen MR) is 87.4 cm³/mol. The summed E-state index contributed by atoms with van der Waals surface area (Å²) in [6.45, 7) is 3.80. The SMILES string of the molecule is CC(C)(N)CNC(=O)C(Oc1ccc(F)c(F)c1)c1ccccc1. The van der Waals surface area contributed by atoms with Crippen molar-refractivity contribution in [3.8, 4) is 5.75 Å². The number of nitrogens with one attached hydrogen (secondary N) is 1. The van der Waals surface area contributed by atoms with Crippen molar-refractivity contribution in [2.24, 2.45) is 5.73 Å². The topological polar surface area (TPSA) is 64.3 Å². The minimum atomic E-state index is -1.04. The maximum absolute atomic E-state index is 13.4. The number of carbonyl (C=O) groups is 1. The van der Waals surface area contributed by atoms with E-state index in [0.29, 0.717) is 5.56 Å². The molecule has 24 heavy (non-hydrogen) atoms. The molecule has 0 fully saturated rings. The number of benzene rings is 2. The van der Waals surface area contributed by atoms with Crippen LogP contribution in [0.5, 0.6) is 5.75 Å². The molecule has 6 heteroatoms. The molecule has 0 bridgehead atoms. The highest BCUT2D eigenvalue weighted by atomic mass is 19.2. The minimum Gasteiger partial charge on any atom is -0.476 e. The summed E-state index contributed by atoms with van der Waals surface area (Å²) in [5.74, 6) is -2.37. The van der Waals surface area contributed by atoms with Gasteiger partial charge in [-0.3, -0.25) is 4.79 Å². The molecule has 3 N–H and O–H groups in total. The molecule has 0 spiro atoms. The van der Waals surface area contributed by atoms with Crippen LogP contribution in [-0.4, -0.2) is 18.0 Å². The van der Waals surface area contributed by atoms with E-state index < -0.39 is 29.2 Å². The zero-order valence-corrected chi connectivity index (χ0v) is 13.6. The largest absolute Gasteiger partial charge is 0.476 e. The van der Waals surface area contributed by atoms with Crippen molar-refractivity contribution in [3.05, 3.63) is 65.7 Å². The molecule has 0 heterocycles. The summed E-state index contributed by atoms with van der Waals surface area (Å²) in [5, 5.41) is 2.71. The van der Waals surface area contributed by atoms with Crippen molar-refractivity contribution in [1.29, 1.82) is 0 Å². The van der Waals surface area contributed by atoms with E-state index >= 15 is 0 Å². The molecule has 2 aromatic rings. The molecule has 0 aromatic heterocycles. The summed E-state index contributed by atoms with van der Waals surface area (Å²) in [7, 11) is 0. The molecule has 0 aliphatic carbocycles. The molecule has 1 atom stereocenters. The lowest BCUT2D eigenvalue weighted by Gasteiger charge is -2.23. The Morgan fingerprint density at radius 3 is 2.42 bits per heavy atom. The number of halogens is 2. The van der Waals surface area contributed by atoms with E-state index in [-0.39, 0.29) is 12.3 Å². The van der Waals surface area contributed by atoms with Crippen LogP contribution < -0.4 is 15.8 Å². The Labute approximate surface area is 139 Å². The first-order chi connectivity index (χ1) is 11.3. The minimum absolute atomic E-state index is 0.0601. The molecular weight excluding hydrogens is 314 g/mol. The van der Waals surface area contributed by atoms with Gasteiger partial charge >= 0.3 is 0 Å². The third-order valence-electron chi connectivity index (χ3n) is 3.20. The number of hydrogen-bond donors (Lipinski definition) is 2. The van der Waals surface area contributed by atoms with Gasteiger partial charge in [-0.2, -0.15) is 0 Å². The highest BCUT2D eigenvalue weighted by Crippen LogP contribution is 2.24. The molecule has 0 saturated heterocycles. The van der Waals surface area contributed by atoms with Crippen LogP contribution in [0, 0.1) is 11.6 Å². The molecule has 0 saturated carbocycles. The van der Waals surface area contributed by atoms with Gasteiger partial charge in [-0.1, -0.05) is 30.3 Å². The molecule has 4 nitrogen and oxygen atoms in total. The van der Waals surface area contributed by atoms with Crippen molar-refractivity contribution in [2.45, 2.75) is 25.5 Å². The normalized spacial score (nSPS) is 12.5. The zero-order valence-electron chi connectivity index (χ0n) is 13.6. The van der Waals surface area contributed by atoms with Gasteiger partial charge in [0.1, 0.15) is 5.75 Å². The van der Waals surface area contributed by atoms with E-state index in [1.54, 1.807) is 44.2 Å². The van der Waals surface area contributed by atoms with Crippen LogP contribution in [0.25, 0.3) is 0 Å². The maximum Gasteiger partial charge on any atom is 0.265 e. The lowest BCUT2D eigenvalue weighted by atomic mass is 10.1. The Morgan fingerprint density at radius 2 is 1.83 bits per heavy atom. The highest BCUT2D eigenvalue weighted by Gasteiger charge is 2.24. The fourth-order valence-corrected chi connectivity index (χ4v) is 1.99. The third kappa shape index (κ3) is 5.03. The van der Waals surface area contributed by atoms with Crippen LogP contribution in [0.1, 0.15) is 25.5 Å². The fraction of sp³-hybridized carbons (Fsp3) is 0.278. The Kier molecular flexibility index (Phi) is 5.51. The van der Waals surface area contributed by atoms with E-state index in [2.05, 4.69) is 5.32 Å². The second-order valence-electron chi connectivity index (χ2n) is 6.19. The summed E-state index contributed by atoms with van der Waals surface area (Å²) < 4.78 is 32.0. The van der Waals surface area contributed by atoms with Gasteiger partial charge in [-0.15, -0.1) is 0 Å². The zero-order chi connectivity index (χ0) is 17.7. The highest BCUT2D eigenvalue weighted by molar-refractivity contribution is 5.82. The van der Waals surface area contributed by atoms with E-state index in [0.717, 1.165) is 12.1 Å². The fourth-order valence-electron chi connectivity index (χ4n) is 1.99. The second-order valence-corrected chi connectivity index (χ2v) is 6.19. The van der Waals surface area contributed by atoms with Crippen LogP contribution in [0.4, 0.5) is 8.78 Å². The Hall–Kier alpha value is -2.47. The standard InChI is InChI=1S/C18H20F2N2O2/c1-18(2,21)11-22-17(23)16(12-6-4-3-5-7-12)24-13-8-9-14(19)15(20)10-13/h3-10,16H,11,21H2,1-2H3,(H,22,23). The third-order valence-corrected chi connectivity index (χ3v) is 3.20. The Morgan fingerprint density at radius 1 is 1.17 bits per heavy atom. The van der Waals surface area contributed by atoms with Crippen molar-refractivity contribution in [3.63, 3.8) is 0 Å². The smallest absolute Gasteiger partial charge is 0.265 e. The van der Waals surface area contributed by atoms with Crippen molar-refractivity contribution < 1.29 is 18.3 Å². The molecule has 1 amide bonds. The number of carbonyl (C=O) groups excluding carboxylic acids is 1. The van der Waals surface area contributed by atoms with Crippen molar-refractivity contribution >= 4 is 5.91 Å². The van der Waals surface area contributed by atoms with Gasteiger partial charge in [0.2, 0.25) is 6.10 Å². The summed E-state index contributed by atoms with van der Waals surface area (Å²) in [4.78, 5) is 12.5. The van der Waals surface area contributed by atoms with Crippen LogP contribution in [0.15, 0.2) is 48.5 Å². The van der Waals surface area contributed by atoms with E-state index in [1.165, 1.54) is 6.07 Å². The number of ether oxygens (including phenoxy) is 1. The Bertz CT molecular complexity index is 700. The molecular formula is C18H20F2N2O2. The van der Waals surface area contributed by atoms with E-state index in [9.17, 15) is 13.6 Å². The second kappa shape index (κ2) is 7.40. The van der Waals surface area contributed by atoms with Gasteiger partial charge in [0.25, 0.3) is 5.91 Å². The summed E-state index contributed by atoms with van der Waals surface area (Å²) in [6, 6.07) is 11.9. The van der Waals surface area contributed by atoms with E-state index in [1.807, 2.05) is 0 Å². The first-order valence-corrected chi connectivity index (χ1v) is 7.49. The van der Waals surface area contributed by atoms with Crippen LogP contribution in [-0.2, 0) is 4.79 Å². The first kappa shape index (κ1) is 17.9. The van der Waals surface area contributed by atoms with Gasteiger partial charge < -0.3 is 15.8 Å². The average Bonchev–Trinajstić information content (AvgIpc) is 2.54. The number of nitrogens with two attached hydrogens (primary N) is 1. The molecule has 0 radical (unpaired) electrons. The summed E-state index contributed by atoms with van der Waals surface area (Å²) >= 11 is 0. The monoisotopic (exact) mass is 334 g/mol. The van der Waals surface area contributed by atoms with Crippen LogP contribution in [0.3, 0.4) is 0 Å². The molecule has 1 unspecified atom stereocenters. The number of amides is 1. The van der Waals surface area contributed by atoms with E-state index in [4.69, 9.17) is 10.5 Å². The maximum atomic E-state index is 13.4. The lowest BCUT2D eigenvalue weighted by Crippen LogP contribution is -2.46. The summed E-state index contributed by atoms with van der Waals surface area (Å²) in [6.07, 6.45) is -1.00. The molecule has 0 aliphatic rings. The molecule has 0 aliphatic heterocycles. The predicted octanol–water partition coefficient (Wildman–Crippen LogP) is 2.94. The molecule has 2 aromatic carbocycles. The van der Waals surface area contributed by atoms with Gasteiger partial charge in [0, 0.05) is 23.7 Å². The molecule has 2 rings (SSSR count). The lowest BCUT2D eigenvalue weighted by molar-refractivity contribution is -0.128. The Balaban J connectivity index is 2.23. The van der Waals surface area contributed by atoms with Crippen molar-refractivity contribution in [1.82, 2.24) is 5.32 Å². The van der Waals surface area contributed by atoms with Crippen molar-refractivity contribution in [2.75, 3.05) is 6.54 Å². The van der Waals surface area contributed by atoms with Gasteiger partial charge in [-0.05, 0) is 26.0 Å². The van der Waals surface area contributed by atoms with Crippen LogP contribution in [0.2, 0.25) is 0 Å².